The maximum absolute atomic E-state index is 11.8. The Hall–Kier alpha value is -1.99. The van der Waals surface area contributed by atoms with Crippen molar-refractivity contribution in [3.05, 3.63) is 48.4 Å². The summed E-state index contributed by atoms with van der Waals surface area (Å²) in [4.78, 5) is 13.6. The fraction of sp³-hybridized carbons (Fsp3) is 0.333. The molecular formula is C18H21N3O2S2. The molecular weight excluding hydrogens is 354 g/mol. The van der Waals surface area contributed by atoms with Crippen molar-refractivity contribution in [2.75, 3.05) is 29.1 Å². The number of thioether (sulfide) groups is 1. The summed E-state index contributed by atoms with van der Waals surface area (Å²) in [6.07, 6.45) is 3.27. The lowest BCUT2D eigenvalue weighted by Gasteiger charge is -2.16. The van der Waals surface area contributed by atoms with Crippen molar-refractivity contribution in [1.29, 1.82) is 0 Å². The number of nitrogens with one attached hydrogen (secondary N) is 2. The van der Waals surface area contributed by atoms with Crippen LogP contribution in [0.3, 0.4) is 0 Å². The first-order valence-electron chi connectivity index (χ1n) is 8.28. The van der Waals surface area contributed by atoms with Crippen LogP contribution in [0.4, 0.5) is 11.4 Å². The number of carbonyl (C=O) groups excluding carboxylic acids is 1. The Morgan fingerprint density at radius 1 is 1.28 bits per heavy atom. The first kappa shape index (κ1) is 17.8. The third-order valence-electron chi connectivity index (χ3n) is 3.87. The van der Waals surface area contributed by atoms with Crippen molar-refractivity contribution in [1.82, 2.24) is 5.32 Å². The van der Waals surface area contributed by atoms with E-state index in [1.807, 2.05) is 41.3 Å². The van der Waals surface area contributed by atoms with Gasteiger partial charge in [-0.25, -0.2) is 0 Å². The van der Waals surface area contributed by atoms with Gasteiger partial charge < -0.3 is 20.0 Å². The fourth-order valence-corrected chi connectivity index (χ4v) is 3.60. The molecule has 0 atom stereocenters. The molecule has 2 aromatic rings. The number of hydrogen-bond acceptors (Lipinski definition) is 4. The van der Waals surface area contributed by atoms with Crippen molar-refractivity contribution in [3.63, 3.8) is 0 Å². The number of nitrogens with zero attached hydrogens (tertiary/aromatic N) is 1. The quantitative estimate of drug-likeness (QED) is 0.569. The molecule has 3 rings (SSSR count). The number of benzene rings is 1. The summed E-state index contributed by atoms with van der Waals surface area (Å²) < 4.78 is 5.29. The Morgan fingerprint density at radius 2 is 2.12 bits per heavy atom. The molecule has 1 amide bonds. The summed E-state index contributed by atoms with van der Waals surface area (Å²) in [7, 11) is 0. The van der Waals surface area contributed by atoms with E-state index >= 15 is 0 Å². The summed E-state index contributed by atoms with van der Waals surface area (Å²) in [6, 6.07) is 11.7. The molecule has 25 heavy (non-hydrogen) atoms. The van der Waals surface area contributed by atoms with Crippen LogP contribution < -0.4 is 15.5 Å². The molecule has 1 fully saturated rings. The van der Waals surface area contributed by atoms with Crippen LogP contribution in [0.2, 0.25) is 0 Å². The summed E-state index contributed by atoms with van der Waals surface area (Å²) in [5, 5.41) is 6.96. The Labute approximate surface area is 157 Å². The zero-order valence-corrected chi connectivity index (χ0v) is 15.5. The van der Waals surface area contributed by atoms with E-state index in [9.17, 15) is 4.79 Å². The van der Waals surface area contributed by atoms with Crippen molar-refractivity contribution in [2.24, 2.45) is 0 Å². The Bertz CT molecular complexity index is 702. The van der Waals surface area contributed by atoms with Gasteiger partial charge in [0.1, 0.15) is 5.76 Å². The average Bonchev–Trinajstić information content (AvgIpc) is 3.27. The first-order chi connectivity index (χ1) is 12.2. The van der Waals surface area contributed by atoms with Crippen molar-refractivity contribution in [2.45, 2.75) is 18.6 Å². The van der Waals surface area contributed by atoms with Gasteiger partial charge >= 0.3 is 0 Å². The number of anilines is 2. The topological polar surface area (TPSA) is 57.5 Å². The molecule has 5 nitrogen and oxygen atoms in total. The highest BCUT2D eigenvalue weighted by molar-refractivity contribution is 7.98. The second-order valence-electron chi connectivity index (χ2n) is 5.71. The van der Waals surface area contributed by atoms with Gasteiger partial charge in [-0.05, 0) is 55.0 Å². The molecule has 0 saturated carbocycles. The lowest BCUT2D eigenvalue weighted by Crippen LogP contribution is -2.30. The highest BCUT2D eigenvalue weighted by Gasteiger charge is 2.21. The highest BCUT2D eigenvalue weighted by atomic mass is 32.2. The predicted molar refractivity (Wildman–Crippen MR) is 107 cm³/mol. The van der Waals surface area contributed by atoms with E-state index < -0.39 is 0 Å². The van der Waals surface area contributed by atoms with E-state index in [1.165, 1.54) is 0 Å². The Balaban J connectivity index is 1.36. The second-order valence-corrected chi connectivity index (χ2v) is 7.22. The van der Waals surface area contributed by atoms with Crippen LogP contribution in [-0.4, -0.2) is 29.9 Å². The minimum Gasteiger partial charge on any atom is -0.468 e. The lowest BCUT2D eigenvalue weighted by molar-refractivity contribution is -0.117. The number of thiocarbonyl (C=S) groups is 1. The van der Waals surface area contributed by atoms with Crippen LogP contribution in [0.25, 0.3) is 0 Å². The van der Waals surface area contributed by atoms with E-state index in [1.54, 1.807) is 18.0 Å². The first-order valence-corrected chi connectivity index (χ1v) is 9.84. The van der Waals surface area contributed by atoms with Crippen LogP contribution >= 0.6 is 24.0 Å². The SMILES string of the molecule is O=C1CCCN1c1ccc(NC(=S)NCCSCc2ccco2)cc1. The minimum absolute atomic E-state index is 0.199. The molecule has 0 aliphatic carbocycles. The molecule has 1 saturated heterocycles. The summed E-state index contributed by atoms with van der Waals surface area (Å²) >= 11 is 7.10. The molecule has 1 aromatic carbocycles. The summed E-state index contributed by atoms with van der Waals surface area (Å²) in [5.41, 5.74) is 1.86. The largest absolute Gasteiger partial charge is 0.468 e. The maximum atomic E-state index is 11.8. The van der Waals surface area contributed by atoms with Crippen molar-refractivity contribution < 1.29 is 9.21 Å². The van der Waals surface area contributed by atoms with Gasteiger partial charge in [-0.2, -0.15) is 11.8 Å². The number of furan rings is 1. The van der Waals surface area contributed by atoms with E-state index in [2.05, 4.69) is 10.6 Å². The Kier molecular flexibility index (Phi) is 6.36. The fourth-order valence-electron chi connectivity index (χ4n) is 2.63. The van der Waals surface area contributed by atoms with Crippen LogP contribution in [0, 0.1) is 0 Å². The third kappa shape index (κ3) is 5.24. The standard InChI is InChI=1S/C18H21N3O2S2/c22-17-4-1-10-21(17)15-7-5-14(6-8-15)20-18(24)19-9-12-25-13-16-3-2-11-23-16/h2-3,5-8,11H,1,4,9-10,12-13H2,(H2,19,20,24). The van der Waals surface area contributed by atoms with Gasteiger partial charge in [0.05, 0.1) is 12.0 Å². The predicted octanol–water partition coefficient (Wildman–Crippen LogP) is 3.63. The number of rotatable bonds is 7. The van der Waals surface area contributed by atoms with Crippen LogP contribution in [-0.2, 0) is 10.5 Å². The van der Waals surface area contributed by atoms with Crippen LogP contribution in [0.15, 0.2) is 47.1 Å². The molecule has 1 aliphatic rings. The van der Waals surface area contributed by atoms with E-state index in [-0.39, 0.29) is 5.91 Å². The Morgan fingerprint density at radius 3 is 2.80 bits per heavy atom. The number of amides is 1. The van der Waals surface area contributed by atoms with Crippen LogP contribution in [0.1, 0.15) is 18.6 Å². The van der Waals surface area contributed by atoms with E-state index in [4.69, 9.17) is 16.6 Å². The zero-order chi connectivity index (χ0) is 17.5. The molecule has 132 valence electrons. The van der Waals surface area contributed by atoms with Gasteiger partial charge in [-0.15, -0.1) is 0 Å². The molecule has 1 aliphatic heterocycles. The van der Waals surface area contributed by atoms with Gasteiger partial charge in [0.25, 0.3) is 0 Å². The summed E-state index contributed by atoms with van der Waals surface area (Å²) in [6.45, 7) is 1.60. The monoisotopic (exact) mass is 375 g/mol. The average molecular weight is 376 g/mol. The molecule has 1 aromatic heterocycles. The molecule has 0 bridgehead atoms. The van der Waals surface area contributed by atoms with Gasteiger partial charge in [0.2, 0.25) is 5.91 Å². The van der Waals surface area contributed by atoms with Crippen molar-refractivity contribution in [3.8, 4) is 0 Å². The highest BCUT2D eigenvalue weighted by Crippen LogP contribution is 2.23. The van der Waals surface area contributed by atoms with Crippen molar-refractivity contribution >= 4 is 46.4 Å². The molecule has 0 spiro atoms. The molecule has 0 unspecified atom stereocenters. The number of hydrogen-bond donors (Lipinski definition) is 2. The normalized spacial score (nSPS) is 13.9. The third-order valence-corrected chi connectivity index (χ3v) is 5.09. The molecule has 7 heteroatoms. The summed E-state index contributed by atoms with van der Waals surface area (Å²) in [5.74, 6) is 3.00. The van der Waals surface area contributed by atoms with E-state index in [0.717, 1.165) is 48.2 Å². The van der Waals surface area contributed by atoms with Gasteiger partial charge in [-0.3, -0.25) is 4.79 Å². The van der Waals surface area contributed by atoms with Gasteiger partial charge in [0, 0.05) is 36.6 Å². The smallest absolute Gasteiger partial charge is 0.227 e. The zero-order valence-electron chi connectivity index (χ0n) is 13.9. The lowest BCUT2D eigenvalue weighted by atomic mass is 10.2. The minimum atomic E-state index is 0.199. The van der Waals surface area contributed by atoms with E-state index in [0.29, 0.717) is 11.5 Å². The molecule has 0 radical (unpaired) electrons. The maximum Gasteiger partial charge on any atom is 0.227 e. The van der Waals surface area contributed by atoms with Gasteiger partial charge in [0.15, 0.2) is 5.11 Å². The van der Waals surface area contributed by atoms with Gasteiger partial charge in [-0.1, -0.05) is 0 Å². The number of carbonyl (C=O) groups is 1. The van der Waals surface area contributed by atoms with Crippen LogP contribution in [0.5, 0.6) is 0 Å². The second kappa shape index (κ2) is 8.92. The molecule has 2 heterocycles. The molecule has 2 N–H and O–H groups in total.